The van der Waals surface area contributed by atoms with Crippen LogP contribution in [0.1, 0.15) is 17.9 Å². The van der Waals surface area contributed by atoms with E-state index in [0.29, 0.717) is 49.9 Å². The second-order valence-electron chi connectivity index (χ2n) is 7.79. The molecule has 12 heteroatoms. The van der Waals surface area contributed by atoms with E-state index < -0.39 is 10.0 Å². The molecule has 0 unspecified atom stereocenters. The second-order valence-corrected chi connectivity index (χ2v) is 10.6. The highest BCUT2D eigenvalue weighted by atomic mass is 79.9. The van der Waals surface area contributed by atoms with Gasteiger partial charge in [0, 0.05) is 29.5 Å². The molecule has 0 radical (unpaired) electrons. The van der Waals surface area contributed by atoms with Gasteiger partial charge < -0.3 is 19.3 Å². The minimum absolute atomic E-state index is 0.0857. The van der Waals surface area contributed by atoms with Crippen molar-refractivity contribution < 1.29 is 27.2 Å². The van der Waals surface area contributed by atoms with Crippen LogP contribution >= 0.6 is 15.9 Å². The lowest BCUT2D eigenvalue weighted by molar-refractivity contribution is -0.121. The number of aromatic nitrogens is 2. The lowest BCUT2D eigenvalue weighted by Gasteiger charge is -2.26. The van der Waals surface area contributed by atoms with Crippen LogP contribution in [-0.4, -0.2) is 62.2 Å². The minimum atomic E-state index is -3.65. The minimum Gasteiger partial charge on any atom is -0.496 e. The maximum atomic E-state index is 13.0. The number of sulfonamides is 1. The third-order valence-corrected chi connectivity index (χ3v) is 7.86. The number of halogens is 1. The predicted molar refractivity (Wildman–Crippen MR) is 130 cm³/mol. The largest absolute Gasteiger partial charge is 0.496 e. The molecule has 1 fully saturated rings. The first-order valence-electron chi connectivity index (χ1n) is 11.0. The molecule has 1 aliphatic rings. The van der Waals surface area contributed by atoms with E-state index in [0.717, 1.165) is 10.0 Å². The zero-order valence-corrected chi connectivity index (χ0v) is 21.5. The van der Waals surface area contributed by atoms with Gasteiger partial charge in [0.1, 0.15) is 5.75 Å². The first-order valence-corrected chi connectivity index (χ1v) is 13.2. The fourth-order valence-electron chi connectivity index (χ4n) is 3.63. The summed E-state index contributed by atoms with van der Waals surface area (Å²) in [6.45, 7) is 1.44. The number of hydrogen-bond donors (Lipinski definition) is 1. The van der Waals surface area contributed by atoms with Crippen LogP contribution in [0.3, 0.4) is 0 Å². The number of nitrogens with one attached hydrogen (secondary N) is 1. The Hall–Kier alpha value is -2.80. The number of carbonyl (C=O) groups is 1. The molecule has 0 bridgehead atoms. The average Bonchev–Trinajstić information content (AvgIpc) is 3.36. The molecular formula is C23H25BrN4O6S. The molecule has 186 valence electrons. The summed E-state index contributed by atoms with van der Waals surface area (Å²) in [6, 6.07) is 12.2. The van der Waals surface area contributed by atoms with Gasteiger partial charge in [0.05, 0.1) is 31.8 Å². The highest BCUT2D eigenvalue weighted by Crippen LogP contribution is 2.26. The predicted octanol–water partition coefficient (Wildman–Crippen LogP) is 2.78. The molecule has 2 aromatic carbocycles. The van der Waals surface area contributed by atoms with E-state index in [2.05, 4.69) is 31.4 Å². The Morgan fingerprint density at radius 3 is 2.74 bits per heavy atom. The zero-order valence-electron chi connectivity index (χ0n) is 19.1. The van der Waals surface area contributed by atoms with Crippen LogP contribution < -0.4 is 10.1 Å². The normalized spacial score (nSPS) is 14.6. The van der Waals surface area contributed by atoms with Gasteiger partial charge >= 0.3 is 0 Å². The molecule has 1 saturated heterocycles. The van der Waals surface area contributed by atoms with Crippen LogP contribution in [0, 0.1) is 0 Å². The molecule has 4 rings (SSSR count). The van der Waals surface area contributed by atoms with Gasteiger partial charge in [-0.1, -0.05) is 33.2 Å². The van der Waals surface area contributed by atoms with Gasteiger partial charge in [0.25, 0.3) is 0 Å². The molecule has 0 saturated carbocycles. The van der Waals surface area contributed by atoms with Crippen LogP contribution in [-0.2, 0) is 32.5 Å². The second kappa shape index (κ2) is 11.3. The van der Waals surface area contributed by atoms with E-state index in [1.54, 1.807) is 12.1 Å². The highest BCUT2D eigenvalue weighted by molar-refractivity contribution is 9.10. The molecule has 35 heavy (non-hydrogen) atoms. The fourth-order valence-corrected chi connectivity index (χ4v) is 5.49. The van der Waals surface area contributed by atoms with Gasteiger partial charge in [-0.15, -0.1) is 0 Å². The van der Waals surface area contributed by atoms with Crippen molar-refractivity contribution in [2.24, 2.45) is 0 Å². The summed E-state index contributed by atoms with van der Waals surface area (Å²) in [5.41, 5.74) is 1.42. The average molecular weight is 565 g/mol. The number of aryl methyl sites for hydroxylation is 1. The maximum absolute atomic E-state index is 13.0. The molecule has 1 aliphatic heterocycles. The van der Waals surface area contributed by atoms with Gasteiger partial charge in [-0.3, -0.25) is 4.79 Å². The number of amides is 1. The third-order valence-electron chi connectivity index (χ3n) is 5.47. The van der Waals surface area contributed by atoms with Gasteiger partial charge in [0.15, 0.2) is 0 Å². The highest BCUT2D eigenvalue weighted by Gasteiger charge is 2.27. The van der Waals surface area contributed by atoms with E-state index >= 15 is 0 Å². The lowest BCUT2D eigenvalue weighted by atomic mass is 10.1. The van der Waals surface area contributed by atoms with Crippen LogP contribution in [0.25, 0.3) is 11.4 Å². The van der Waals surface area contributed by atoms with Gasteiger partial charge in [0.2, 0.25) is 27.6 Å². The van der Waals surface area contributed by atoms with Crippen molar-refractivity contribution in [2.45, 2.75) is 24.3 Å². The van der Waals surface area contributed by atoms with Crippen LogP contribution in [0.4, 0.5) is 0 Å². The molecule has 2 heterocycles. The number of nitrogens with zero attached hydrogens (tertiary/aromatic N) is 3. The molecule has 1 amide bonds. The van der Waals surface area contributed by atoms with E-state index in [9.17, 15) is 13.2 Å². The summed E-state index contributed by atoms with van der Waals surface area (Å²) in [6.07, 6.45) is 0.429. The van der Waals surface area contributed by atoms with Gasteiger partial charge in [-0.05, 0) is 42.3 Å². The Bertz CT molecular complexity index is 1290. The fraction of sp³-hybridized carbons (Fsp3) is 0.348. The first kappa shape index (κ1) is 25.3. The Kier molecular flexibility index (Phi) is 8.16. The van der Waals surface area contributed by atoms with E-state index in [-0.39, 0.29) is 29.7 Å². The van der Waals surface area contributed by atoms with Crippen molar-refractivity contribution in [3.8, 4) is 17.1 Å². The Morgan fingerprint density at radius 1 is 1.20 bits per heavy atom. The molecule has 1 N–H and O–H groups in total. The Balaban J connectivity index is 1.36. The molecule has 3 aromatic rings. The number of rotatable bonds is 9. The van der Waals surface area contributed by atoms with E-state index in [1.807, 2.05) is 24.3 Å². The lowest BCUT2D eigenvalue weighted by Crippen LogP contribution is -2.40. The van der Waals surface area contributed by atoms with E-state index in [4.69, 9.17) is 14.0 Å². The van der Waals surface area contributed by atoms with Crippen molar-refractivity contribution in [1.29, 1.82) is 0 Å². The van der Waals surface area contributed by atoms with Crippen LogP contribution in [0.15, 0.2) is 56.4 Å². The summed E-state index contributed by atoms with van der Waals surface area (Å²) in [4.78, 5) is 16.9. The third kappa shape index (κ3) is 6.26. The number of carbonyl (C=O) groups excluding carboxylic acids is 1. The van der Waals surface area contributed by atoms with Gasteiger partial charge in [-0.2, -0.15) is 9.29 Å². The van der Waals surface area contributed by atoms with E-state index in [1.165, 1.54) is 17.5 Å². The molecule has 10 nitrogen and oxygen atoms in total. The van der Waals surface area contributed by atoms with Crippen molar-refractivity contribution in [3.63, 3.8) is 0 Å². The SMILES string of the molecule is COc1ccc(S(=O)(=O)N2CCOCC2)cc1CCC(=O)NCc1nc(-c2cccc(Br)c2)no1. The molecular weight excluding hydrogens is 540 g/mol. The molecule has 0 aliphatic carbocycles. The quantitative estimate of drug-likeness (QED) is 0.420. The Labute approximate surface area is 211 Å². The first-order chi connectivity index (χ1) is 16.9. The molecule has 0 atom stereocenters. The monoisotopic (exact) mass is 564 g/mol. The van der Waals surface area contributed by atoms with Crippen LogP contribution in [0.2, 0.25) is 0 Å². The number of methoxy groups -OCH3 is 1. The molecule has 1 aromatic heterocycles. The smallest absolute Gasteiger partial charge is 0.246 e. The summed E-state index contributed by atoms with van der Waals surface area (Å²) < 4.78 is 44.1. The topological polar surface area (TPSA) is 124 Å². The number of benzene rings is 2. The maximum Gasteiger partial charge on any atom is 0.246 e. The molecule has 0 spiro atoms. The summed E-state index contributed by atoms with van der Waals surface area (Å²) in [7, 11) is -2.14. The number of morpholine rings is 1. The Morgan fingerprint density at radius 2 is 2.00 bits per heavy atom. The van der Waals surface area contributed by atoms with Crippen LogP contribution in [0.5, 0.6) is 5.75 Å². The van der Waals surface area contributed by atoms with Crippen molar-refractivity contribution >= 4 is 31.9 Å². The summed E-state index contributed by atoms with van der Waals surface area (Å²) in [5.74, 6) is 0.994. The van der Waals surface area contributed by atoms with Crippen molar-refractivity contribution in [3.05, 3.63) is 58.4 Å². The van der Waals surface area contributed by atoms with Gasteiger partial charge in [-0.25, -0.2) is 8.42 Å². The zero-order chi connectivity index (χ0) is 24.8. The number of ether oxygens (including phenoxy) is 2. The standard InChI is InChI=1S/C23H25BrN4O6S/c1-32-20-7-6-19(35(30,31)28-9-11-33-12-10-28)14-16(20)5-8-21(29)25-15-22-26-23(27-34-22)17-3-2-4-18(24)13-17/h2-4,6-7,13-14H,5,8-12,15H2,1H3,(H,25,29). The van der Waals surface area contributed by atoms with Crippen molar-refractivity contribution in [2.75, 3.05) is 33.4 Å². The summed E-state index contributed by atoms with van der Waals surface area (Å²) in [5, 5.41) is 6.70. The number of hydrogen-bond acceptors (Lipinski definition) is 8. The summed E-state index contributed by atoms with van der Waals surface area (Å²) >= 11 is 3.41. The van der Waals surface area contributed by atoms with Crippen molar-refractivity contribution in [1.82, 2.24) is 19.8 Å².